The summed E-state index contributed by atoms with van der Waals surface area (Å²) in [6, 6.07) is 12.4. The number of carbonyl (C=O) groups excluding carboxylic acids is 1. The van der Waals surface area contributed by atoms with Crippen LogP contribution in [0.4, 0.5) is 5.69 Å². The molecule has 146 valence electrons. The van der Waals surface area contributed by atoms with Gasteiger partial charge in [-0.25, -0.2) is 4.79 Å². The molecule has 1 heterocycles. The molecule has 0 saturated carbocycles. The molecule has 1 N–H and O–H groups in total. The Balaban J connectivity index is 1.95. The van der Waals surface area contributed by atoms with Crippen LogP contribution in [0.3, 0.4) is 0 Å². The number of nitrogens with zero attached hydrogens (tertiary/aromatic N) is 2. The van der Waals surface area contributed by atoms with Gasteiger partial charge in [-0.2, -0.15) is 0 Å². The van der Waals surface area contributed by atoms with Gasteiger partial charge in [0, 0.05) is 18.7 Å². The van der Waals surface area contributed by atoms with E-state index in [-0.39, 0.29) is 30.1 Å². The second-order valence-electron chi connectivity index (χ2n) is 6.34. The number of benzene rings is 2. The van der Waals surface area contributed by atoms with Crippen molar-refractivity contribution in [2.45, 2.75) is 19.1 Å². The zero-order valence-corrected chi connectivity index (χ0v) is 15.0. The highest BCUT2D eigenvalue weighted by atomic mass is 16.6. The van der Waals surface area contributed by atoms with Crippen LogP contribution >= 0.6 is 0 Å². The minimum atomic E-state index is -1.18. The maximum absolute atomic E-state index is 13.1. The van der Waals surface area contributed by atoms with Gasteiger partial charge in [-0.3, -0.25) is 14.9 Å². The maximum Gasteiger partial charge on any atom is 0.334 e. The maximum atomic E-state index is 13.1. The summed E-state index contributed by atoms with van der Waals surface area (Å²) in [7, 11) is 0. The topological polar surface area (TPSA) is 119 Å². The Labute approximate surface area is 160 Å². The van der Waals surface area contributed by atoms with Crippen molar-refractivity contribution in [3.05, 3.63) is 64.2 Å². The van der Waals surface area contributed by atoms with Crippen LogP contribution in [0.25, 0.3) is 0 Å². The summed E-state index contributed by atoms with van der Waals surface area (Å²) >= 11 is 0. The van der Waals surface area contributed by atoms with E-state index in [0.717, 1.165) is 6.07 Å². The van der Waals surface area contributed by atoms with E-state index < -0.39 is 29.0 Å². The summed E-state index contributed by atoms with van der Waals surface area (Å²) < 4.78 is 11.1. The van der Waals surface area contributed by atoms with Crippen LogP contribution < -0.4 is 4.74 Å². The van der Waals surface area contributed by atoms with Crippen LogP contribution in [-0.2, 0) is 9.53 Å². The van der Waals surface area contributed by atoms with Crippen molar-refractivity contribution in [1.29, 1.82) is 0 Å². The van der Waals surface area contributed by atoms with Crippen LogP contribution in [0.15, 0.2) is 48.5 Å². The van der Waals surface area contributed by atoms with Crippen LogP contribution in [0.2, 0.25) is 0 Å². The monoisotopic (exact) mass is 386 g/mol. The summed E-state index contributed by atoms with van der Waals surface area (Å²) in [5, 5.41) is 20.4. The largest absolute Gasteiger partial charge is 0.479 e. The molecule has 0 bridgehead atoms. The fraction of sp³-hybridized carbons (Fsp3) is 0.263. The lowest BCUT2D eigenvalue weighted by molar-refractivity contribution is -0.384. The van der Waals surface area contributed by atoms with Gasteiger partial charge in [0.1, 0.15) is 11.5 Å². The SMILES string of the molecule is C[C@@H]1CN(C(=O)c2cc([N+](=O)[O-])ccc2Oc2ccccc2)CC(C(=O)O)O1. The van der Waals surface area contributed by atoms with Gasteiger partial charge in [0.05, 0.1) is 23.1 Å². The average Bonchev–Trinajstić information content (AvgIpc) is 2.68. The molecule has 2 atom stereocenters. The lowest BCUT2D eigenvalue weighted by Gasteiger charge is -2.35. The number of para-hydroxylation sites is 1. The molecule has 1 aliphatic heterocycles. The predicted molar refractivity (Wildman–Crippen MR) is 97.5 cm³/mol. The van der Waals surface area contributed by atoms with E-state index in [4.69, 9.17) is 9.47 Å². The highest BCUT2D eigenvalue weighted by molar-refractivity contribution is 5.98. The molecule has 1 aliphatic rings. The Morgan fingerprint density at radius 3 is 2.57 bits per heavy atom. The summed E-state index contributed by atoms with van der Waals surface area (Å²) in [5.41, 5.74) is -0.281. The molecule has 2 aromatic rings. The predicted octanol–water partition coefficient (Wildman–Crippen LogP) is 2.70. The van der Waals surface area contributed by atoms with E-state index in [1.807, 2.05) is 0 Å². The molecule has 1 saturated heterocycles. The fourth-order valence-electron chi connectivity index (χ4n) is 2.93. The molecular weight excluding hydrogens is 368 g/mol. The Morgan fingerprint density at radius 2 is 1.93 bits per heavy atom. The van der Waals surface area contributed by atoms with Crippen LogP contribution in [-0.4, -0.2) is 52.1 Å². The number of nitro benzene ring substituents is 1. The number of amides is 1. The number of morpholine rings is 1. The minimum Gasteiger partial charge on any atom is -0.479 e. The molecule has 28 heavy (non-hydrogen) atoms. The standard InChI is InChI=1S/C19H18N2O7/c1-12-10-20(11-17(27-12)19(23)24)18(22)15-9-13(21(25)26)7-8-16(15)28-14-5-3-2-4-6-14/h2-9,12,17H,10-11H2,1H3,(H,23,24)/t12-,17?/m1/s1. The van der Waals surface area contributed by atoms with Crippen molar-refractivity contribution in [2.75, 3.05) is 13.1 Å². The molecule has 0 aromatic heterocycles. The van der Waals surface area contributed by atoms with Crippen LogP contribution in [0, 0.1) is 10.1 Å². The molecule has 1 amide bonds. The second kappa shape index (κ2) is 8.05. The van der Waals surface area contributed by atoms with Gasteiger partial charge in [0.25, 0.3) is 11.6 Å². The summed E-state index contributed by atoms with van der Waals surface area (Å²) in [4.78, 5) is 36.2. The number of carboxylic acid groups (broad SMARTS) is 1. The Hall–Kier alpha value is -3.46. The van der Waals surface area contributed by atoms with Gasteiger partial charge in [0.2, 0.25) is 0 Å². The fourth-order valence-corrected chi connectivity index (χ4v) is 2.93. The van der Waals surface area contributed by atoms with E-state index in [9.17, 15) is 24.8 Å². The third-order valence-corrected chi connectivity index (χ3v) is 4.20. The second-order valence-corrected chi connectivity index (χ2v) is 6.34. The van der Waals surface area contributed by atoms with Gasteiger partial charge in [0.15, 0.2) is 6.10 Å². The van der Waals surface area contributed by atoms with Crippen molar-refractivity contribution < 1.29 is 29.1 Å². The highest BCUT2D eigenvalue weighted by Crippen LogP contribution is 2.30. The molecular formula is C19H18N2O7. The molecule has 9 heteroatoms. The van der Waals surface area contributed by atoms with Crippen molar-refractivity contribution >= 4 is 17.6 Å². The van der Waals surface area contributed by atoms with Crippen molar-refractivity contribution in [2.24, 2.45) is 0 Å². The zero-order valence-electron chi connectivity index (χ0n) is 15.0. The van der Waals surface area contributed by atoms with Crippen molar-refractivity contribution in [3.8, 4) is 11.5 Å². The third-order valence-electron chi connectivity index (χ3n) is 4.20. The van der Waals surface area contributed by atoms with E-state index in [1.54, 1.807) is 37.3 Å². The smallest absolute Gasteiger partial charge is 0.334 e. The van der Waals surface area contributed by atoms with Gasteiger partial charge in [-0.05, 0) is 25.1 Å². The molecule has 1 fully saturated rings. The lowest BCUT2D eigenvalue weighted by atomic mass is 10.1. The normalized spacial score (nSPS) is 19.1. The van der Waals surface area contributed by atoms with E-state index in [0.29, 0.717) is 5.75 Å². The molecule has 1 unspecified atom stereocenters. The summed E-state index contributed by atoms with van der Waals surface area (Å²) in [6.45, 7) is 1.66. The number of ether oxygens (including phenoxy) is 2. The minimum absolute atomic E-state index is 0.0173. The van der Waals surface area contributed by atoms with Gasteiger partial charge in [-0.15, -0.1) is 0 Å². The third kappa shape index (κ3) is 4.26. The number of rotatable bonds is 5. The first-order valence-electron chi connectivity index (χ1n) is 8.54. The molecule has 0 aliphatic carbocycles. The number of non-ortho nitro benzene ring substituents is 1. The van der Waals surface area contributed by atoms with E-state index in [1.165, 1.54) is 17.0 Å². The van der Waals surface area contributed by atoms with Crippen LogP contribution in [0.5, 0.6) is 11.5 Å². The molecule has 0 spiro atoms. The molecule has 2 aromatic carbocycles. The van der Waals surface area contributed by atoms with E-state index >= 15 is 0 Å². The first-order valence-corrected chi connectivity index (χ1v) is 8.54. The van der Waals surface area contributed by atoms with Gasteiger partial charge in [-0.1, -0.05) is 18.2 Å². The number of aliphatic carboxylic acids is 1. The van der Waals surface area contributed by atoms with Crippen LogP contribution in [0.1, 0.15) is 17.3 Å². The lowest BCUT2D eigenvalue weighted by Crippen LogP contribution is -2.51. The Bertz CT molecular complexity index is 900. The summed E-state index contributed by atoms with van der Waals surface area (Å²) in [5.74, 6) is -1.13. The summed E-state index contributed by atoms with van der Waals surface area (Å²) in [6.07, 6.45) is -1.65. The van der Waals surface area contributed by atoms with E-state index in [2.05, 4.69) is 0 Å². The number of hydrogen-bond donors (Lipinski definition) is 1. The molecule has 9 nitrogen and oxygen atoms in total. The molecule has 3 rings (SSSR count). The Morgan fingerprint density at radius 1 is 1.21 bits per heavy atom. The highest BCUT2D eigenvalue weighted by Gasteiger charge is 2.34. The number of carbonyl (C=O) groups is 2. The number of carboxylic acids is 1. The Kier molecular flexibility index (Phi) is 5.55. The first-order chi connectivity index (χ1) is 13.3. The average molecular weight is 386 g/mol. The number of nitro groups is 1. The first kappa shape index (κ1) is 19.3. The van der Waals surface area contributed by atoms with Gasteiger partial charge >= 0.3 is 5.97 Å². The van der Waals surface area contributed by atoms with Crippen molar-refractivity contribution in [3.63, 3.8) is 0 Å². The zero-order chi connectivity index (χ0) is 20.3. The quantitative estimate of drug-likeness (QED) is 0.620. The number of hydrogen-bond acceptors (Lipinski definition) is 6. The van der Waals surface area contributed by atoms with Gasteiger partial charge < -0.3 is 19.5 Å². The molecule has 0 radical (unpaired) electrons. The van der Waals surface area contributed by atoms with Crippen molar-refractivity contribution in [1.82, 2.24) is 4.90 Å².